The second-order valence-electron chi connectivity index (χ2n) is 6.93. The zero-order valence-electron chi connectivity index (χ0n) is 15.6. The Bertz CT molecular complexity index is 828. The maximum absolute atomic E-state index is 4.43. The van der Waals surface area contributed by atoms with Crippen LogP contribution in [0.3, 0.4) is 0 Å². The standard InChI is InChI=1S/C21H25N5S/c1-2-19(17-9-6-12-22-15-17)23-18-10-13-26(14-11-18)21-25-24-20(27-21)16-7-4-3-5-8-16/h3-9,12,15,18-19,23H,2,10-11,13-14H2,1H3/t19-/m0/s1. The van der Waals surface area contributed by atoms with E-state index in [4.69, 9.17) is 0 Å². The van der Waals surface area contributed by atoms with Gasteiger partial charge in [0.05, 0.1) is 0 Å². The number of benzene rings is 1. The molecule has 5 nitrogen and oxygen atoms in total. The van der Waals surface area contributed by atoms with Crippen molar-refractivity contribution in [1.29, 1.82) is 0 Å². The Kier molecular flexibility index (Phi) is 5.75. The maximum atomic E-state index is 4.43. The summed E-state index contributed by atoms with van der Waals surface area (Å²) in [5, 5.41) is 14.7. The number of pyridine rings is 1. The van der Waals surface area contributed by atoms with Crippen LogP contribution in [-0.2, 0) is 0 Å². The van der Waals surface area contributed by atoms with Crippen LogP contribution in [0.25, 0.3) is 10.6 Å². The van der Waals surface area contributed by atoms with Gasteiger partial charge < -0.3 is 10.2 Å². The lowest BCUT2D eigenvalue weighted by Crippen LogP contribution is -2.43. The number of aromatic nitrogens is 3. The van der Waals surface area contributed by atoms with Crippen molar-refractivity contribution in [3.8, 4) is 10.6 Å². The summed E-state index contributed by atoms with van der Waals surface area (Å²) in [7, 11) is 0. The van der Waals surface area contributed by atoms with Gasteiger partial charge in [-0.25, -0.2) is 0 Å². The Balaban J connectivity index is 1.35. The van der Waals surface area contributed by atoms with Gasteiger partial charge in [-0.1, -0.05) is 54.7 Å². The number of nitrogens with one attached hydrogen (secondary N) is 1. The largest absolute Gasteiger partial charge is 0.347 e. The molecule has 1 aromatic carbocycles. The predicted molar refractivity (Wildman–Crippen MR) is 111 cm³/mol. The minimum atomic E-state index is 0.376. The van der Waals surface area contributed by atoms with Crippen molar-refractivity contribution in [3.63, 3.8) is 0 Å². The van der Waals surface area contributed by atoms with Crippen molar-refractivity contribution in [2.75, 3.05) is 18.0 Å². The minimum absolute atomic E-state index is 0.376. The van der Waals surface area contributed by atoms with Gasteiger partial charge in [0.15, 0.2) is 0 Å². The van der Waals surface area contributed by atoms with E-state index < -0.39 is 0 Å². The number of hydrogen-bond donors (Lipinski definition) is 1. The third-order valence-corrected chi connectivity index (χ3v) is 6.17. The summed E-state index contributed by atoms with van der Waals surface area (Å²) in [4.78, 5) is 6.63. The van der Waals surface area contributed by atoms with Gasteiger partial charge in [-0.15, -0.1) is 10.2 Å². The second kappa shape index (κ2) is 8.59. The zero-order chi connectivity index (χ0) is 18.5. The summed E-state index contributed by atoms with van der Waals surface area (Å²) in [5.41, 5.74) is 2.42. The van der Waals surface area contributed by atoms with Gasteiger partial charge in [-0.2, -0.15) is 0 Å². The first-order valence-electron chi connectivity index (χ1n) is 9.63. The second-order valence-corrected chi connectivity index (χ2v) is 7.89. The number of nitrogens with zero attached hydrogens (tertiary/aromatic N) is 4. The predicted octanol–water partition coefficient (Wildman–Crippen LogP) is 4.31. The molecule has 1 atom stereocenters. The van der Waals surface area contributed by atoms with Crippen LogP contribution >= 0.6 is 11.3 Å². The smallest absolute Gasteiger partial charge is 0.208 e. The quantitative estimate of drug-likeness (QED) is 0.692. The first-order valence-corrected chi connectivity index (χ1v) is 10.4. The first-order chi connectivity index (χ1) is 13.3. The fourth-order valence-electron chi connectivity index (χ4n) is 3.59. The first kappa shape index (κ1) is 18.1. The van der Waals surface area contributed by atoms with Crippen molar-refractivity contribution in [3.05, 3.63) is 60.4 Å². The fourth-order valence-corrected chi connectivity index (χ4v) is 4.50. The number of piperidine rings is 1. The summed E-state index contributed by atoms with van der Waals surface area (Å²) in [6, 6.07) is 15.4. The van der Waals surface area contributed by atoms with Crippen molar-refractivity contribution in [2.24, 2.45) is 0 Å². The molecule has 3 aromatic rings. The third kappa shape index (κ3) is 4.34. The van der Waals surface area contributed by atoms with Crippen molar-refractivity contribution in [2.45, 2.75) is 38.3 Å². The van der Waals surface area contributed by atoms with Crippen molar-refractivity contribution < 1.29 is 0 Å². The van der Waals surface area contributed by atoms with E-state index in [0.29, 0.717) is 12.1 Å². The lowest BCUT2D eigenvalue weighted by Gasteiger charge is -2.34. The molecule has 0 aliphatic carbocycles. The van der Waals surface area contributed by atoms with Crippen LogP contribution in [0.1, 0.15) is 37.8 Å². The number of anilines is 1. The molecule has 0 unspecified atom stereocenters. The summed E-state index contributed by atoms with van der Waals surface area (Å²) in [6.07, 6.45) is 7.12. The molecule has 27 heavy (non-hydrogen) atoms. The van der Waals surface area contributed by atoms with Gasteiger partial charge >= 0.3 is 0 Å². The highest BCUT2D eigenvalue weighted by Crippen LogP contribution is 2.30. The van der Waals surface area contributed by atoms with Gasteiger partial charge in [-0.05, 0) is 30.9 Å². The monoisotopic (exact) mass is 379 g/mol. The Morgan fingerprint density at radius 3 is 2.63 bits per heavy atom. The molecule has 2 aromatic heterocycles. The molecule has 0 radical (unpaired) electrons. The van der Waals surface area contributed by atoms with Gasteiger partial charge in [0.2, 0.25) is 5.13 Å². The van der Waals surface area contributed by atoms with Gasteiger partial charge in [0.1, 0.15) is 5.01 Å². The molecule has 1 fully saturated rings. The molecule has 0 amide bonds. The highest BCUT2D eigenvalue weighted by molar-refractivity contribution is 7.18. The lowest BCUT2D eigenvalue weighted by molar-refractivity contribution is 0.363. The molecule has 3 heterocycles. The Labute approximate surface area is 164 Å². The zero-order valence-corrected chi connectivity index (χ0v) is 16.4. The van der Waals surface area contributed by atoms with E-state index in [0.717, 1.165) is 48.1 Å². The van der Waals surface area contributed by atoms with Crippen LogP contribution in [0.2, 0.25) is 0 Å². The molecule has 1 saturated heterocycles. The average Bonchev–Trinajstić information content (AvgIpc) is 3.24. The van der Waals surface area contributed by atoms with Gasteiger partial charge in [0, 0.05) is 43.1 Å². The molecular weight excluding hydrogens is 354 g/mol. The Morgan fingerprint density at radius 1 is 1.11 bits per heavy atom. The van der Waals surface area contributed by atoms with Crippen LogP contribution in [0.5, 0.6) is 0 Å². The molecule has 1 aliphatic heterocycles. The van der Waals surface area contributed by atoms with Crippen LogP contribution in [0, 0.1) is 0 Å². The minimum Gasteiger partial charge on any atom is -0.347 e. The van der Waals surface area contributed by atoms with E-state index in [9.17, 15) is 0 Å². The van der Waals surface area contributed by atoms with Gasteiger partial charge in [0.25, 0.3) is 0 Å². The average molecular weight is 380 g/mol. The molecule has 0 bridgehead atoms. The van der Waals surface area contributed by atoms with E-state index in [1.807, 2.05) is 36.7 Å². The Morgan fingerprint density at radius 2 is 1.93 bits per heavy atom. The SMILES string of the molecule is CC[C@H](NC1CCN(c2nnc(-c3ccccc3)s2)CC1)c1cccnc1. The molecule has 1 aliphatic rings. The Hall–Kier alpha value is -2.31. The number of rotatable bonds is 6. The van der Waals surface area contributed by atoms with Crippen LogP contribution in [0.4, 0.5) is 5.13 Å². The molecule has 0 spiro atoms. The summed E-state index contributed by atoms with van der Waals surface area (Å²) in [6.45, 7) is 4.27. The van der Waals surface area contributed by atoms with Crippen LogP contribution in [-0.4, -0.2) is 34.3 Å². The molecular formula is C21H25N5S. The normalized spacial score (nSPS) is 16.4. The summed E-state index contributed by atoms with van der Waals surface area (Å²) >= 11 is 1.68. The summed E-state index contributed by atoms with van der Waals surface area (Å²) < 4.78 is 0. The summed E-state index contributed by atoms with van der Waals surface area (Å²) in [5.74, 6) is 0. The molecule has 0 saturated carbocycles. The molecule has 1 N–H and O–H groups in total. The molecule has 4 rings (SSSR count). The van der Waals surface area contributed by atoms with E-state index in [-0.39, 0.29) is 0 Å². The fraction of sp³-hybridized carbons (Fsp3) is 0.381. The van der Waals surface area contributed by atoms with Crippen molar-refractivity contribution in [1.82, 2.24) is 20.5 Å². The maximum Gasteiger partial charge on any atom is 0.208 e. The molecule has 6 heteroatoms. The van der Waals surface area contributed by atoms with Crippen LogP contribution < -0.4 is 10.2 Å². The van der Waals surface area contributed by atoms with Crippen LogP contribution in [0.15, 0.2) is 54.9 Å². The lowest BCUT2D eigenvalue weighted by atomic mass is 10.0. The number of hydrogen-bond acceptors (Lipinski definition) is 6. The highest BCUT2D eigenvalue weighted by Gasteiger charge is 2.24. The third-order valence-electron chi connectivity index (χ3n) is 5.13. The van der Waals surface area contributed by atoms with E-state index >= 15 is 0 Å². The topological polar surface area (TPSA) is 53.9 Å². The van der Waals surface area contributed by atoms with E-state index in [1.165, 1.54) is 5.56 Å². The highest BCUT2D eigenvalue weighted by atomic mass is 32.1. The van der Waals surface area contributed by atoms with E-state index in [2.05, 4.69) is 50.5 Å². The van der Waals surface area contributed by atoms with Crippen molar-refractivity contribution >= 4 is 16.5 Å². The molecule has 140 valence electrons. The van der Waals surface area contributed by atoms with E-state index in [1.54, 1.807) is 11.3 Å². The van der Waals surface area contributed by atoms with Gasteiger partial charge in [-0.3, -0.25) is 4.98 Å².